The lowest BCUT2D eigenvalue weighted by Crippen LogP contribution is -2.38. The van der Waals surface area contributed by atoms with Crippen LogP contribution in [0.5, 0.6) is 0 Å². The maximum Gasteiger partial charge on any atom is 0.305 e. The highest BCUT2D eigenvalue weighted by Gasteiger charge is 2.29. The van der Waals surface area contributed by atoms with Gasteiger partial charge in [-0.05, 0) is 44.9 Å². The Morgan fingerprint density at radius 1 is 1.30 bits per heavy atom. The van der Waals surface area contributed by atoms with Crippen molar-refractivity contribution >= 4 is 23.5 Å². The number of rotatable bonds is 7. The zero-order valence-electron chi connectivity index (χ0n) is 13.4. The van der Waals surface area contributed by atoms with E-state index >= 15 is 0 Å². The third-order valence-electron chi connectivity index (χ3n) is 3.78. The predicted molar refractivity (Wildman–Crippen MR) is 86.2 cm³/mol. The van der Waals surface area contributed by atoms with Crippen LogP contribution in [0.2, 0.25) is 0 Å². The number of carbonyl (C=O) groups is 3. The van der Waals surface area contributed by atoms with E-state index in [1.807, 2.05) is 13.8 Å². The van der Waals surface area contributed by atoms with Gasteiger partial charge < -0.3 is 15.3 Å². The van der Waals surface area contributed by atoms with Crippen LogP contribution in [0.3, 0.4) is 0 Å². The molecule has 0 spiro atoms. The number of nitrogens with one attached hydrogen (secondary N) is 1. The maximum atomic E-state index is 12.6. The number of carboxylic acid groups (broad SMARTS) is 1. The van der Waals surface area contributed by atoms with Crippen molar-refractivity contribution in [1.29, 1.82) is 0 Å². The standard InChI is InChI=1S/C17H22N2O4/c1-11(2)19(9-8-15(20)21)17(23)13-4-3-5-14(10-13)18-16(22)12-6-7-12/h3-5,10-12H,6-9H2,1-2H3,(H,18,22)(H,20,21). The van der Waals surface area contributed by atoms with E-state index in [0.29, 0.717) is 11.3 Å². The lowest BCUT2D eigenvalue weighted by atomic mass is 10.1. The van der Waals surface area contributed by atoms with E-state index in [4.69, 9.17) is 5.11 Å². The molecular formula is C17H22N2O4. The van der Waals surface area contributed by atoms with Crippen molar-refractivity contribution in [2.75, 3.05) is 11.9 Å². The molecule has 1 aromatic carbocycles. The summed E-state index contributed by atoms with van der Waals surface area (Å²) in [7, 11) is 0. The average molecular weight is 318 g/mol. The number of hydrogen-bond acceptors (Lipinski definition) is 3. The number of carbonyl (C=O) groups excluding carboxylic acids is 2. The second kappa shape index (κ2) is 7.26. The molecule has 0 unspecified atom stereocenters. The van der Waals surface area contributed by atoms with E-state index in [1.165, 1.54) is 4.90 Å². The highest BCUT2D eigenvalue weighted by molar-refractivity contribution is 5.98. The van der Waals surface area contributed by atoms with E-state index in [9.17, 15) is 14.4 Å². The largest absolute Gasteiger partial charge is 0.481 e. The van der Waals surface area contributed by atoms with Crippen LogP contribution < -0.4 is 5.32 Å². The number of carboxylic acids is 1. The molecule has 2 rings (SSSR count). The molecule has 0 saturated heterocycles. The van der Waals surface area contributed by atoms with E-state index in [0.717, 1.165) is 12.8 Å². The fourth-order valence-corrected chi connectivity index (χ4v) is 2.30. The van der Waals surface area contributed by atoms with Crippen molar-refractivity contribution in [2.24, 2.45) is 5.92 Å². The quantitative estimate of drug-likeness (QED) is 0.808. The summed E-state index contributed by atoms with van der Waals surface area (Å²) in [6.45, 7) is 3.85. The fourth-order valence-electron chi connectivity index (χ4n) is 2.30. The van der Waals surface area contributed by atoms with E-state index in [1.54, 1.807) is 24.3 Å². The van der Waals surface area contributed by atoms with Crippen molar-refractivity contribution in [1.82, 2.24) is 4.90 Å². The molecule has 124 valence electrons. The number of amides is 2. The second-order valence-electron chi connectivity index (χ2n) is 6.08. The third kappa shape index (κ3) is 4.81. The summed E-state index contributed by atoms with van der Waals surface area (Å²) in [6, 6.07) is 6.66. The summed E-state index contributed by atoms with van der Waals surface area (Å²) < 4.78 is 0. The minimum absolute atomic E-state index is 0.0128. The summed E-state index contributed by atoms with van der Waals surface area (Å²) in [5, 5.41) is 11.6. The lowest BCUT2D eigenvalue weighted by molar-refractivity contribution is -0.137. The number of hydrogen-bond donors (Lipinski definition) is 2. The van der Waals surface area contributed by atoms with Crippen molar-refractivity contribution in [3.05, 3.63) is 29.8 Å². The van der Waals surface area contributed by atoms with Gasteiger partial charge in [0.1, 0.15) is 0 Å². The molecule has 0 radical (unpaired) electrons. The molecule has 1 saturated carbocycles. The van der Waals surface area contributed by atoms with Gasteiger partial charge in [-0.2, -0.15) is 0 Å². The van der Waals surface area contributed by atoms with Crippen LogP contribution in [0.4, 0.5) is 5.69 Å². The Bertz CT molecular complexity index is 608. The Balaban J connectivity index is 2.09. The Labute approximate surface area is 135 Å². The Morgan fingerprint density at radius 3 is 2.57 bits per heavy atom. The molecular weight excluding hydrogens is 296 g/mol. The van der Waals surface area contributed by atoms with Gasteiger partial charge in [-0.3, -0.25) is 14.4 Å². The van der Waals surface area contributed by atoms with Gasteiger partial charge in [-0.25, -0.2) is 0 Å². The van der Waals surface area contributed by atoms with Crippen molar-refractivity contribution in [3.8, 4) is 0 Å². The molecule has 0 bridgehead atoms. The van der Waals surface area contributed by atoms with Crippen molar-refractivity contribution in [2.45, 2.75) is 39.2 Å². The molecule has 2 amide bonds. The summed E-state index contributed by atoms with van der Waals surface area (Å²) in [5.41, 5.74) is 1.03. The monoisotopic (exact) mass is 318 g/mol. The second-order valence-corrected chi connectivity index (χ2v) is 6.08. The van der Waals surface area contributed by atoms with Gasteiger partial charge in [-0.1, -0.05) is 6.07 Å². The lowest BCUT2D eigenvalue weighted by Gasteiger charge is -2.26. The molecule has 1 fully saturated rings. The van der Waals surface area contributed by atoms with Crippen LogP contribution in [0, 0.1) is 5.92 Å². The van der Waals surface area contributed by atoms with E-state index < -0.39 is 5.97 Å². The highest BCUT2D eigenvalue weighted by atomic mass is 16.4. The summed E-state index contributed by atoms with van der Waals surface area (Å²) >= 11 is 0. The molecule has 1 aromatic rings. The minimum atomic E-state index is -0.936. The molecule has 6 heteroatoms. The Kier molecular flexibility index (Phi) is 5.36. The molecule has 2 N–H and O–H groups in total. The van der Waals surface area contributed by atoms with Crippen LogP contribution in [-0.2, 0) is 9.59 Å². The SMILES string of the molecule is CC(C)N(CCC(=O)O)C(=O)c1cccc(NC(=O)C2CC2)c1. The molecule has 0 aromatic heterocycles. The van der Waals surface area contributed by atoms with Gasteiger partial charge in [0.05, 0.1) is 6.42 Å². The van der Waals surface area contributed by atoms with Gasteiger partial charge in [0.25, 0.3) is 5.91 Å². The first-order chi connectivity index (χ1) is 10.9. The normalized spacial score (nSPS) is 13.7. The first kappa shape index (κ1) is 17.0. The smallest absolute Gasteiger partial charge is 0.305 e. The summed E-state index contributed by atoms with van der Waals surface area (Å²) in [5.74, 6) is -1.09. The Hall–Kier alpha value is -2.37. The molecule has 1 aliphatic carbocycles. The average Bonchev–Trinajstić information content (AvgIpc) is 3.31. The van der Waals surface area contributed by atoms with Gasteiger partial charge in [0.15, 0.2) is 0 Å². The van der Waals surface area contributed by atoms with E-state index in [2.05, 4.69) is 5.32 Å². The molecule has 23 heavy (non-hydrogen) atoms. The van der Waals surface area contributed by atoms with Crippen LogP contribution >= 0.6 is 0 Å². The predicted octanol–water partition coefficient (Wildman–Crippen LogP) is 2.36. The van der Waals surface area contributed by atoms with Crippen LogP contribution in [-0.4, -0.2) is 40.4 Å². The first-order valence-electron chi connectivity index (χ1n) is 7.82. The van der Waals surface area contributed by atoms with Crippen LogP contribution in [0.1, 0.15) is 43.5 Å². The van der Waals surface area contributed by atoms with Crippen LogP contribution in [0.25, 0.3) is 0 Å². The first-order valence-corrected chi connectivity index (χ1v) is 7.82. The fraction of sp³-hybridized carbons (Fsp3) is 0.471. The number of anilines is 1. The van der Waals surface area contributed by atoms with Gasteiger partial charge in [-0.15, -0.1) is 0 Å². The molecule has 0 heterocycles. The zero-order chi connectivity index (χ0) is 17.0. The molecule has 6 nitrogen and oxygen atoms in total. The molecule has 0 aliphatic heterocycles. The molecule has 0 atom stereocenters. The third-order valence-corrected chi connectivity index (χ3v) is 3.78. The minimum Gasteiger partial charge on any atom is -0.481 e. The van der Waals surface area contributed by atoms with Crippen molar-refractivity contribution in [3.63, 3.8) is 0 Å². The van der Waals surface area contributed by atoms with Gasteiger partial charge >= 0.3 is 5.97 Å². The number of nitrogens with zero attached hydrogens (tertiary/aromatic N) is 1. The number of aliphatic carboxylic acids is 1. The summed E-state index contributed by atoms with van der Waals surface area (Å²) in [4.78, 5) is 36.7. The van der Waals surface area contributed by atoms with Gasteiger partial charge in [0, 0.05) is 29.8 Å². The Morgan fingerprint density at radius 2 is 2.00 bits per heavy atom. The van der Waals surface area contributed by atoms with E-state index in [-0.39, 0.29) is 36.7 Å². The maximum absolute atomic E-state index is 12.6. The molecule has 1 aliphatic rings. The van der Waals surface area contributed by atoms with Crippen molar-refractivity contribution < 1.29 is 19.5 Å². The van der Waals surface area contributed by atoms with Crippen LogP contribution in [0.15, 0.2) is 24.3 Å². The summed E-state index contributed by atoms with van der Waals surface area (Å²) in [6.07, 6.45) is 1.74. The zero-order valence-corrected chi connectivity index (χ0v) is 13.4. The number of benzene rings is 1. The topological polar surface area (TPSA) is 86.7 Å². The highest BCUT2D eigenvalue weighted by Crippen LogP contribution is 2.30. The van der Waals surface area contributed by atoms with Gasteiger partial charge in [0.2, 0.25) is 5.91 Å².